The van der Waals surface area contributed by atoms with Gasteiger partial charge in [-0.25, -0.2) is 4.79 Å². The van der Waals surface area contributed by atoms with Gasteiger partial charge in [-0.15, -0.1) is 0 Å². The molecule has 2 N–H and O–H groups in total. The maximum Gasteiger partial charge on any atom is 0.358 e. The third kappa shape index (κ3) is 5.29. The lowest BCUT2D eigenvalue weighted by Gasteiger charge is -2.44. The number of amides is 2. The first-order chi connectivity index (χ1) is 17.5. The number of aliphatic hydroxyl groups is 1. The lowest BCUT2D eigenvalue weighted by atomic mass is 9.82. The second kappa shape index (κ2) is 10.2. The largest absolute Gasteiger partial charge is 0.459 e. The van der Waals surface area contributed by atoms with E-state index < -0.39 is 36.2 Å². The van der Waals surface area contributed by atoms with Crippen LogP contribution in [0.5, 0.6) is 0 Å². The van der Waals surface area contributed by atoms with Gasteiger partial charge in [0.25, 0.3) is 5.91 Å². The molecule has 2 aliphatic rings. The van der Waals surface area contributed by atoms with Gasteiger partial charge in [0, 0.05) is 6.54 Å². The number of benzene rings is 1. The van der Waals surface area contributed by atoms with E-state index in [1.807, 2.05) is 12.1 Å². The zero-order chi connectivity index (χ0) is 26.9. The van der Waals surface area contributed by atoms with Crippen molar-refractivity contribution in [3.05, 3.63) is 65.2 Å². The molecule has 10 heteroatoms. The molecule has 1 fully saturated rings. The zero-order valence-corrected chi connectivity index (χ0v) is 21.1. The Balaban J connectivity index is 1.50. The van der Waals surface area contributed by atoms with Crippen molar-refractivity contribution >= 4 is 29.3 Å². The van der Waals surface area contributed by atoms with Gasteiger partial charge in [-0.05, 0) is 62.9 Å². The molecule has 3 heterocycles. The molecule has 0 aliphatic carbocycles. The minimum Gasteiger partial charge on any atom is -0.459 e. The predicted octanol–water partition coefficient (Wildman–Crippen LogP) is 2.62. The summed E-state index contributed by atoms with van der Waals surface area (Å²) in [6.45, 7) is 6.28. The number of nitrogens with one attached hydrogen (secondary N) is 1. The van der Waals surface area contributed by atoms with Crippen LogP contribution in [-0.2, 0) is 30.4 Å². The van der Waals surface area contributed by atoms with Gasteiger partial charge in [-0.1, -0.05) is 24.3 Å². The number of carbonyl (C=O) groups excluding carboxylic acids is 4. The molecule has 37 heavy (non-hydrogen) atoms. The number of carbonyl (C=O) groups is 4. The number of rotatable bonds is 8. The van der Waals surface area contributed by atoms with Crippen molar-refractivity contribution in [3.63, 3.8) is 0 Å². The van der Waals surface area contributed by atoms with Crippen molar-refractivity contribution in [1.82, 2.24) is 10.2 Å². The van der Waals surface area contributed by atoms with E-state index in [4.69, 9.17) is 13.9 Å². The molecule has 1 aromatic carbocycles. The Morgan fingerprint density at radius 1 is 1.16 bits per heavy atom. The fourth-order valence-corrected chi connectivity index (χ4v) is 4.44. The van der Waals surface area contributed by atoms with Crippen LogP contribution in [0.4, 0.5) is 0 Å². The highest BCUT2D eigenvalue weighted by Crippen LogP contribution is 2.47. The Hall–Kier alpha value is -3.92. The third-order valence-corrected chi connectivity index (χ3v) is 6.41. The molecule has 1 saturated heterocycles. The van der Waals surface area contributed by atoms with Crippen LogP contribution < -0.4 is 5.32 Å². The standard InChI is InChI=1S/C27H30N2O8/c1-15(30)21-19-12-18(17-9-7-16(8-10-17)13-28-23(31)20-6-5-11-35-20)22(29(19)24(21)32)25(33)36-14-37-26(34)27(2,3)4/h5-11,15,19,21,30H,12-14H2,1-4H3,(H,28,31)/t15-,19-,21-/m1/s1. The molecule has 10 nitrogen and oxygen atoms in total. The summed E-state index contributed by atoms with van der Waals surface area (Å²) < 4.78 is 15.3. The number of esters is 2. The Morgan fingerprint density at radius 2 is 1.86 bits per heavy atom. The first-order valence-electron chi connectivity index (χ1n) is 12.0. The second-order valence-corrected chi connectivity index (χ2v) is 10.2. The topological polar surface area (TPSA) is 135 Å². The molecule has 0 bridgehead atoms. The van der Waals surface area contributed by atoms with E-state index in [0.717, 1.165) is 5.56 Å². The number of hydrogen-bond donors (Lipinski definition) is 2. The Morgan fingerprint density at radius 3 is 2.46 bits per heavy atom. The van der Waals surface area contributed by atoms with E-state index in [-0.39, 0.29) is 35.9 Å². The van der Waals surface area contributed by atoms with Gasteiger partial charge in [0.1, 0.15) is 5.70 Å². The van der Waals surface area contributed by atoms with Crippen LogP contribution in [0.2, 0.25) is 0 Å². The summed E-state index contributed by atoms with van der Waals surface area (Å²) in [5.41, 5.74) is 1.44. The van der Waals surface area contributed by atoms with Crippen molar-refractivity contribution in [2.75, 3.05) is 6.79 Å². The molecule has 0 spiro atoms. The molecule has 0 unspecified atom stereocenters. The second-order valence-electron chi connectivity index (χ2n) is 10.2. The van der Waals surface area contributed by atoms with Crippen LogP contribution in [0.15, 0.2) is 52.8 Å². The van der Waals surface area contributed by atoms with Gasteiger partial charge >= 0.3 is 11.9 Å². The number of β-lactam (4-membered cyclic amide) rings is 1. The van der Waals surface area contributed by atoms with E-state index in [1.54, 1.807) is 52.0 Å². The number of nitrogens with zero attached hydrogens (tertiary/aromatic N) is 1. The van der Waals surface area contributed by atoms with Gasteiger partial charge in [0.2, 0.25) is 12.7 Å². The molecule has 2 aromatic rings. The lowest BCUT2D eigenvalue weighted by Crippen LogP contribution is -2.61. The average Bonchev–Trinajstić information content (AvgIpc) is 3.49. The summed E-state index contributed by atoms with van der Waals surface area (Å²) >= 11 is 0. The number of furan rings is 1. The van der Waals surface area contributed by atoms with Crippen LogP contribution in [0.1, 0.15) is 55.8 Å². The smallest absolute Gasteiger partial charge is 0.358 e. The van der Waals surface area contributed by atoms with E-state index in [1.165, 1.54) is 11.2 Å². The van der Waals surface area contributed by atoms with E-state index in [9.17, 15) is 24.3 Å². The quantitative estimate of drug-likeness (QED) is 0.314. The molecule has 0 radical (unpaired) electrons. The highest BCUT2D eigenvalue weighted by atomic mass is 16.7. The SMILES string of the molecule is C[C@@H](O)[C@H]1C(=O)N2C(C(=O)OCOC(=O)C(C)(C)C)=C(c3ccc(CNC(=O)c4ccco4)cc3)C[C@H]12. The van der Waals surface area contributed by atoms with Crippen molar-refractivity contribution in [3.8, 4) is 0 Å². The number of hydrogen-bond acceptors (Lipinski definition) is 8. The van der Waals surface area contributed by atoms with Crippen LogP contribution in [0, 0.1) is 11.3 Å². The fraction of sp³-hybridized carbons (Fsp3) is 0.407. The summed E-state index contributed by atoms with van der Waals surface area (Å²) in [5, 5.41) is 12.8. The van der Waals surface area contributed by atoms with Crippen molar-refractivity contribution in [1.29, 1.82) is 0 Å². The first-order valence-corrected chi connectivity index (χ1v) is 12.0. The summed E-state index contributed by atoms with van der Waals surface area (Å²) in [5.74, 6) is -2.40. The predicted molar refractivity (Wildman–Crippen MR) is 130 cm³/mol. The first kappa shape index (κ1) is 26.2. The monoisotopic (exact) mass is 510 g/mol. The number of fused-ring (bicyclic) bond motifs is 1. The summed E-state index contributed by atoms with van der Waals surface area (Å²) in [6, 6.07) is 10.0. The maximum absolute atomic E-state index is 13.0. The molecular formula is C27H30N2O8. The Bertz CT molecular complexity index is 1220. The molecule has 196 valence electrons. The summed E-state index contributed by atoms with van der Waals surface area (Å²) in [4.78, 5) is 51.3. The average molecular weight is 511 g/mol. The third-order valence-electron chi connectivity index (χ3n) is 6.41. The minimum atomic E-state index is -0.863. The van der Waals surface area contributed by atoms with Crippen LogP contribution in [0.25, 0.3) is 5.57 Å². The van der Waals surface area contributed by atoms with Gasteiger partial charge in [0.05, 0.1) is 29.7 Å². The molecule has 2 amide bonds. The number of ether oxygens (including phenoxy) is 2. The van der Waals surface area contributed by atoms with Crippen LogP contribution in [-0.4, -0.2) is 52.7 Å². The van der Waals surface area contributed by atoms with Gasteiger partial charge in [-0.3, -0.25) is 14.4 Å². The molecule has 2 aliphatic heterocycles. The lowest BCUT2D eigenvalue weighted by molar-refractivity contribution is -0.175. The highest BCUT2D eigenvalue weighted by molar-refractivity contribution is 6.06. The minimum absolute atomic E-state index is 0.0811. The summed E-state index contributed by atoms with van der Waals surface area (Å²) in [6.07, 6.45) is 0.923. The molecule has 3 atom stereocenters. The van der Waals surface area contributed by atoms with Gasteiger partial charge in [-0.2, -0.15) is 0 Å². The van der Waals surface area contributed by atoms with Crippen molar-refractivity contribution in [2.24, 2.45) is 11.3 Å². The van der Waals surface area contributed by atoms with Crippen LogP contribution >= 0.6 is 0 Å². The van der Waals surface area contributed by atoms with Crippen LogP contribution in [0.3, 0.4) is 0 Å². The van der Waals surface area contributed by atoms with E-state index in [0.29, 0.717) is 17.6 Å². The van der Waals surface area contributed by atoms with Crippen molar-refractivity contribution in [2.45, 2.75) is 52.8 Å². The molecule has 4 rings (SSSR count). The van der Waals surface area contributed by atoms with Crippen molar-refractivity contribution < 1.29 is 38.2 Å². The molecule has 0 saturated carbocycles. The Labute approximate surface area is 214 Å². The summed E-state index contributed by atoms with van der Waals surface area (Å²) in [7, 11) is 0. The molecular weight excluding hydrogens is 480 g/mol. The van der Waals surface area contributed by atoms with E-state index in [2.05, 4.69) is 5.32 Å². The fourth-order valence-electron chi connectivity index (χ4n) is 4.44. The maximum atomic E-state index is 13.0. The Kier molecular flexibility index (Phi) is 7.22. The molecule has 1 aromatic heterocycles. The highest BCUT2D eigenvalue weighted by Gasteiger charge is 2.57. The zero-order valence-electron chi connectivity index (χ0n) is 21.1. The number of aliphatic hydroxyl groups excluding tert-OH is 1. The van der Waals surface area contributed by atoms with Gasteiger partial charge < -0.3 is 29.2 Å². The normalized spacial score (nSPS) is 19.7. The van der Waals surface area contributed by atoms with Gasteiger partial charge in [0.15, 0.2) is 5.76 Å². The van der Waals surface area contributed by atoms with E-state index >= 15 is 0 Å².